The van der Waals surface area contributed by atoms with Crippen molar-refractivity contribution < 1.29 is 14.3 Å². The molecule has 2 rings (SSSR count). The largest absolute Gasteiger partial charge is 0.468 e. The molecule has 2 aliphatic rings. The predicted octanol–water partition coefficient (Wildman–Crippen LogP) is 1.42. The summed E-state index contributed by atoms with van der Waals surface area (Å²) < 4.78 is 10.8. The van der Waals surface area contributed by atoms with E-state index in [1.165, 1.54) is 7.11 Å². The highest BCUT2D eigenvalue weighted by molar-refractivity contribution is 5.82. The molecule has 1 heterocycles. The lowest BCUT2D eigenvalue weighted by Crippen LogP contribution is -2.62. The molecule has 1 aliphatic heterocycles. The van der Waals surface area contributed by atoms with E-state index in [1.807, 2.05) is 6.92 Å². The number of esters is 1. The van der Waals surface area contributed by atoms with Gasteiger partial charge < -0.3 is 19.7 Å². The van der Waals surface area contributed by atoms with Crippen LogP contribution in [-0.4, -0.2) is 62.4 Å². The number of nitrogens with one attached hydrogen (secondary N) is 1. The third-order valence-electron chi connectivity index (χ3n) is 4.73. The van der Waals surface area contributed by atoms with Gasteiger partial charge in [0.25, 0.3) is 0 Å². The molecule has 1 saturated heterocycles. The fourth-order valence-electron chi connectivity index (χ4n) is 3.53. The van der Waals surface area contributed by atoms with Crippen molar-refractivity contribution in [2.45, 2.75) is 51.2 Å². The topological polar surface area (TPSA) is 50.8 Å². The highest BCUT2D eigenvalue weighted by Crippen LogP contribution is 2.41. The van der Waals surface area contributed by atoms with Crippen LogP contribution in [0.3, 0.4) is 0 Å². The number of nitrogens with zero attached hydrogens (tertiary/aromatic N) is 1. The Morgan fingerprint density at radius 3 is 2.38 bits per heavy atom. The lowest BCUT2D eigenvalue weighted by molar-refractivity contribution is -0.151. The maximum atomic E-state index is 12.4. The molecular formula is C16H30N2O3. The van der Waals surface area contributed by atoms with E-state index in [0.717, 1.165) is 58.5 Å². The summed E-state index contributed by atoms with van der Waals surface area (Å²) in [7, 11) is 1.50. The Kier molecular flexibility index (Phi) is 6.02. The molecule has 2 fully saturated rings. The Balaban J connectivity index is 1.97. The van der Waals surface area contributed by atoms with Gasteiger partial charge >= 0.3 is 5.97 Å². The third-order valence-corrected chi connectivity index (χ3v) is 4.73. The van der Waals surface area contributed by atoms with Gasteiger partial charge in [-0.05, 0) is 45.1 Å². The van der Waals surface area contributed by atoms with Crippen LogP contribution in [0.25, 0.3) is 0 Å². The number of piperidine rings is 1. The zero-order valence-electron chi connectivity index (χ0n) is 13.7. The standard InChI is InChI=1S/C16H30N2O3/c1-4-17-16(13-6-7-13,15(19)20-3)12-18-10-8-14(9-11-18)21-5-2/h13-14,17H,4-12H2,1-3H3. The second-order valence-corrected chi connectivity index (χ2v) is 6.20. The van der Waals surface area contributed by atoms with Crippen LogP contribution in [0.1, 0.15) is 39.5 Å². The number of rotatable bonds is 8. The highest BCUT2D eigenvalue weighted by Gasteiger charge is 2.52. The normalized spacial score (nSPS) is 23.8. The van der Waals surface area contributed by atoms with E-state index in [9.17, 15) is 4.79 Å². The smallest absolute Gasteiger partial charge is 0.327 e. The van der Waals surface area contributed by atoms with Gasteiger partial charge in [0.15, 0.2) is 0 Å². The van der Waals surface area contributed by atoms with E-state index in [2.05, 4.69) is 17.1 Å². The lowest BCUT2D eigenvalue weighted by Gasteiger charge is -2.40. The molecule has 0 bridgehead atoms. The average Bonchev–Trinajstić information content (AvgIpc) is 3.33. The minimum absolute atomic E-state index is 0.0984. The minimum atomic E-state index is -0.512. The number of carbonyl (C=O) groups excluding carboxylic acids is 1. The van der Waals surface area contributed by atoms with E-state index in [-0.39, 0.29) is 5.97 Å². The van der Waals surface area contributed by atoms with Crippen molar-refractivity contribution in [1.82, 2.24) is 10.2 Å². The van der Waals surface area contributed by atoms with Crippen LogP contribution in [0.15, 0.2) is 0 Å². The van der Waals surface area contributed by atoms with E-state index in [0.29, 0.717) is 12.0 Å². The Labute approximate surface area is 128 Å². The molecule has 0 aromatic rings. The van der Waals surface area contributed by atoms with Crippen LogP contribution < -0.4 is 5.32 Å². The van der Waals surface area contributed by atoms with Gasteiger partial charge in [0, 0.05) is 26.2 Å². The zero-order chi connectivity index (χ0) is 15.3. The fourth-order valence-corrected chi connectivity index (χ4v) is 3.53. The van der Waals surface area contributed by atoms with Gasteiger partial charge in [-0.1, -0.05) is 6.92 Å². The molecule has 1 saturated carbocycles. The van der Waals surface area contributed by atoms with Crippen molar-refractivity contribution in [1.29, 1.82) is 0 Å². The Hall–Kier alpha value is -0.650. The number of carbonyl (C=O) groups is 1. The maximum absolute atomic E-state index is 12.4. The molecule has 0 spiro atoms. The van der Waals surface area contributed by atoms with E-state index in [1.54, 1.807) is 0 Å². The van der Waals surface area contributed by atoms with Gasteiger partial charge in [0.2, 0.25) is 0 Å². The van der Waals surface area contributed by atoms with Gasteiger partial charge in [-0.3, -0.25) is 0 Å². The summed E-state index contributed by atoms with van der Waals surface area (Å²) in [6, 6.07) is 0. The zero-order valence-corrected chi connectivity index (χ0v) is 13.7. The molecule has 1 N–H and O–H groups in total. The van der Waals surface area contributed by atoms with Gasteiger partial charge in [0.05, 0.1) is 13.2 Å². The second-order valence-electron chi connectivity index (χ2n) is 6.20. The molecule has 122 valence electrons. The average molecular weight is 298 g/mol. The van der Waals surface area contributed by atoms with Gasteiger partial charge in [-0.25, -0.2) is 4.79 Å². The van der Waals surface area contributed by atoms with Crippen molar-refractivity contribution in [2.24, 2.45) is 5.92 Å². The summed E-state index contributed by atoms with van der Waals surface area (Å²) in [5.74, 6) is 0.327. The molecule has 1 atom stereocenters. The molecule has 1 unspecified atom stereocenters. The first-order chi connectivity index (χ1) is 10.2. The van der Waals surface area contributed by atoms with Crippen LogP contribution in [0.2, 0.25) is 0 Å². The summed E-state index contributed by atoms with van der Waals surface area (Å²) in [4.78, 5) is 14.8. The summed E-state index contributed by atoms with van der Waals surface area (Å²) in [6.45, 7) is 8.45. The Morgan fingerprint density at radius 2 is 1.90 bits per heavy atom. The molecule has 0 radical (unpaired) electrons. The van der Waals surface area contributed by atoms with Crippen LogP contribution in [-0.2, 0) is 14.3 Å². The van der Waals surface area contributed by atoms with Crippen LogP contribution in [0, 0.1) is 5.92 Å². The van der Waals surface area contributed by atoms with Crippen molar-refractivity contribution in [2.75, 3.05) is 39.9 Å². The molecule has 0 aromatic carbocycles. The van der Waals surface area contributed by atoms with E-state index >= 15 is 0 Å². The molecule has 0 aromatic heterocycles. The van der Waals surface area contributed by atoms with Crippen LogP contribution in [0.5, 0.6) is 0 Å². The van der Waals surface area contributed by atoms with Crippen molar-refractivity contribution >= 4 is 5.97 Å². The molecule has 5 nitrogen and oxygen atoms in total. The quantitative estimate of drug-likeness (QED) is 0.687. The van der Waals surface area contributed by atoms with Crippen molar-refractivity contribution in [3.8, 4) is 0 Å². The first-order valence-corrected chi connectivity index (χ1v) is 8.33. The van der Waals surface area contributed by atoms with Gasteiger partial charge in [-0.2, -0.15) is 0 Å². The molecule has 0 amide bonds. The summed E-state index contributed by atoms with van der Waals surface area (Å²) >= 11 is 0. The molecular weight excluding hydrogens is 268 g/mol. The number of methoxy groups -OCH3 is 1. The van der Waals surface area contributed by atoms with Crippen molar-refractivity contribution in [3.05, 3.63) is 0 Å². The lowest BCUT2D eigenvalue weighted by atomic mass is 9.91. The van der Waals surface area contributed by atoms with Crippen molar-refractivity contribution in [3.63, 3.8) is 0 Å². The summed E-state index contributed by atoms with van der Waals surface area (Å²) in [6.07, 6.45) is 4.75. The molecule has 1 aliphatic carbocycles. The monoisotopic (exact) mass is 298 g/mol. The highest BCUT2D eigenvalue weighted by atomic mass is 16.5. The fraction of sp³-hybridized carbons (Fsp3) is 0.938. The number of likely N-dealkylation sites (N-methyl/N-ethyl adjacent to an activating group) is 1. The Morgan fingerprint density at radius 1 is 1.24 bits per heavy atom. The van der Waals surface area contributed by atoms with Gasteiger partial charge in [-0.15, -0.1) is 0 Å². The number of hydrogen-bond donors (Lipinski definition) is 1. The Bertz CT molecular complexity index is 338. The molecule has 5 heteroatoms. The van der Waals surface area contributed by atoms with Gasteiger partial charge in [0.1, 0.15) is 5.54 Å². The number of likely N-dealkylation sites (tertiary alicyclic amines) is 1. The SMILES string of the molecule is CCNC(CN1CCC(OCC)CC1)(C(=O)OC)C1CC1. The number of hydrogen-bond acceptors (Lipinski definition) is 5. The molecule has 21 heavy (non-hydrogen) atoms. The number of ether oxygens (including phenoxy) is 2. The first-order valence-electron chi connectivity index (χ1n) is 8.33. The predicted molar refractivity (Wildman–Crippen MR) is 82.2 cm³/mol. The van der Waals surface area contributed by atoms with E-state index < -0.39 is 5.54 Å². The first kappa shape index (κ1) is 16.7. The maximum Gasteiger partial charge on any atom is 0.327 e. The van der Waals surface area contributed by atoms with E-state index in [4.69, 9.17) is 9.47 Å². The third kappa shape index (κ3) is 3.96. The van der Waals surface area contributed by atoms with Crippen LogP contribution in [0.4, 0.5) is 0 Å². The van der Waals surface area contributed by atoms with Crippen LogP contribution >= 0.6 is 0 Å². The minimum Gasteiger partial charge on any atom is -0.468 e. The second kappa shape index (κ2) is 7.56. The summed E-state index contributed by atoms with van der Waals surface area (Å²) in [5.41, 5.74) is -0.512. The summed E-state index contributed by atoms with van der Waals surface area (Å²) in [5, 5.41) is 3.44.